The smallest absolute Gasteiger partial charge is 0.269 e. The van der Waals surface area contributed by atoms with Crippen LogP contribution in [0.1, 0.15) is 22.8 Å². The van der Waals surface area contributed by atoms with Crippen molar-refractivity contribution >= 4 is 29.5 Å². The molecule has 2 N–H and O–H groups in total. The lowest BCUT2D eigenvalue weighted by molar-refractivity contribution is -0.117. The summed E-state index contributed by atoms with van der Waals surface area (Å²) in [5, 5.41) is 0.363. The highest BCUT2D eigenvalue weighted by atomic mass is 35.5. The molecule has 0 radical (unpaired) electrons. The first-order valence-corrected chi connectivity index (χ1v) is 9.08. The van der Waals surface area contributed by atoms with E-state index in [0.29, 0.717) is 45.8 Å². The van der Waals surface area contributed by atoms with Crippen molar-refractivity contribution in [2.75, 3.05) is 20.5 Å². The molecule has 0 atom stereocenters. The zero-order valence-corrected chi connectivity index (χ0v) is 16.5. The first-order valence-electron chi connectivity index (χ1n) is 8.70. The Morgan fingerprint density at radius 3 is 2.72 bits per heavy atom. The molecule has 0 aliphatic carbocycles. The van der Waals surface area contributed by atoms with Crippen molar-refractivity contribution in [2.24, 2.45) is 0 Å². The Morgan fingerprint density at radius 1 is 1.17 bits per heavy atom. The summed E-state index contributed by atoms with van der Waals surface area (Å²) in [6.07, 6.45) is 2.79. The first-order chi connectivity index (χ1) is 14.0. The number of hydrogen-bond acceptors (Lipinski definition) is 6. The van der Waals surface area contributed by atoms with Crippen molar-refractivity contribution in [1.82, 2.24) is 10.9 Å². The Hall–Kier alpha value is -3.39. The molecule has 0 bridgehead atoms. The fraction of sp³-hybridized carbons (Fsp3) is 0.200. The SMILES string of the molecule is CCOc1c(Cl)cc(/C=C/C(=O)NNC(=O)c2ccc3c(c2)OCO3)cc1OC. The van der Waals surface area contributed by atoms with Gasteiger partial charge in [-0.3, -0.25) is 20.4 Å². The molecule has 0 saturated carbocycles. The molecule has 9 heteroatoms. The van der Waals surface area contributed by atoms with Gasteiger partial charge in [-0.25, -0.2) is 0 Å². The second-order valence-electron chi connectivity index (χ2n) is 5.81. The number of nitrogens with one attached hydrogen (secondary N) is 2. The zero-order valence-electron chi connectivity index (χ0n) is 15.8. The lowest BCUT2D eigenvalue weighted by atomic mass is 10.2. The van der Waals surface area contributed by atoms with E-state index in [-0.39, 0.29) is 6.79 Å². The minimum atomic E-state index is -0.525. The lowest BCUT2D eigenvalue weighted by Gasteiger charge is -2.11. The molecular weight excluding hydrogens is 400 g/mol. The molecule has 3 rings (SSSR count). The summed E-state index contributed by atoms with van der Waals surface area (Å²) in [4.78, 5) is 24.2. The largest absolute Gasteiger partial charge is 0.493 e. The van der Waals surface area contributed by atoms with Crippen molar-refractivity contribution in [3.8, 4) is 23.0 Å². The van der Waals surface area contributed by atoms with Crippen molar-refractivity contribution < 1.29 is 28.5 Å². The van der Waals surface area contributed by atoms with E-state index in [1.807, 2.05) is 6.92 Å². The van der Waals surface area contributed by atoms with Gasteiger partial charge in [0.1, 0.15) is 0 Å². The third-order valence-electron chi connectivity index (χ3n) is 3.90. The number of carbonyl (C=O) groups excluding carboxylic acids is 2. The topological polar surface area (TPSA) is 95.1 Å². The van der Waals surface area contributed by atoms with Crippen molar-refractivity contribution in [2.45, 2.75) is 6.92 Å². The maximum absolute atomic E-state index is 12.2. The van der Waals surface area contributed by atoms with E-state index in [0.717, 1.165) is 0 Å². The van der Waals surface area contributed by atoms with Crippen LogP contribution in [0, 0.1) is 0 Å². The van der Waals surface area contributed by atoms with Gasteiger partial charge in [-0.05, 0) is 48.9 Å². The Kier molecular flexibility index (Phi) is 6.46. The predicted molar refractivity (Wildman–Crippen MR) is 106 cm³/mol. The summed E-state index contributed by atoms with van der Waals surface area (Å²) in [6, 6.07) is 8.06. The molecular formula is C20H19ClN2O6. The Bertz CT molecular complexity index is 960. The number of benzene rings is 2. The molecule has 0 unspecified atom stereocenters. The summed E-state index contributed by atoms with van der Waals surface area (Å²) in [7, 11) is 1.50. The molecule has 1 aliphatic rings. The summed E-state index contributed by atoms with van der Waals surface area (Å²) in [6.45, 7) is 2.39. The number of methoxy groups -OCH3 is 1. The van der Waals surface area contributed by atoms with Crippen LogP contribution in [-0.2, 0) is 4.79 Å². The van der Waals surface area contributed by atoms with Gasteiger partial charge in [0.05, 0.1) is 18.7 Å². The summed E-state index contributed by atoms with van der Waals surface area (Å²) in [5.74, 6) is 0.923. The molecule has 1 heterocycles. The quantitative estimate of drug-likeness (QED) is 0.553. The first kappa shape index (κ1) is 20.3. The van der Waals surface area contributed by atoms with Gasteiger partial charge in [-0.15, -0.1) is 0 Å². The number of hydrogen-bond donors (Lipinski definition) is 2. The lowest BCUT2D eigenvalue weighted by Crippen LogP contribution is -2.40. The highest BCUT2D eigenvalue weighted by Crippen LogP contribution is 2.36. The van der Waals surface area contributed by atoms with E-state index >= 15 is 0 Å². The molecule has 0 saturated heterocycles. The number of halogens is 1. The highest BCUT2D eigenvalue weighted by molar-refractivity contribution is 6.32. The normalized spacial score (nSPS) is 12.0. The summed E-state index contributed by atoms with van der Waals surface area (Å²) >= 11 is 6.20. The maximum Gasteiger partial charge on any atom is 0.269 e. The van der Waals surface area contributed by atoms with Crippen LogP contribution in [0.15, 0.2) is 36.4 Å². The predicted octanol–water partition coefficient (Wildman–Crippen LogP) is 2.95. The van der Waals surface area contributed by atoms with Crippen LogP contribution in [0.2, 0.25) is 5.02 Å². The van der Waals surface area contributed by atoms with Gasteiger partial charge in [0.15, 0.2) is 23.0 Å². The van der Waals surface area contributed by atoms with E-state index in [4.69, 9.17) is 30.5 Å². The summed E-state index contributed by atoms with van der Waals surface area (Å²) in [5.41, 5.74) is 5.59. The van der Waals surface area contributed by atoms with E-state index in [1.165, 1.54) is 25.3 Å². The zero-order chi connectivity index (χ0) is 20.8. The van der Waals surface area contributed by atoms with Crippen LogP contribution in [-0.4, -0.2) is 32.3 Å². The van der Waals surface area contributed by atoms with Crippen LogP contribution >= 0.6 is 11.6 Å². The standard InChI is InChI=1S/C20H19ClN2O6/c1-3-27-19-14(21)8-12(9-17(19)26-2)4-7-18(24)22-23-20(25)13-5-6-15-16(10-13)29-11-28-15/h4-10H,3,11H2,1-2H3,(H,22,24)(H,23,25)/b7-4+. The molecule has 2 aromatic rings. The molecule has 29 heavy (non-hydrogen) atoms. The minimum absolute atomic E-state index is 0.113. The Morgan fingerprint density at radius 2 is 1.97 bits per heavy atom. The van der Waals surface area contributed by atoms with Gasteiger partial charge >= 0.3 is 0 Å². The average molecular weight is 419 g/mol. The maximum atomic E-state index is 12.2. The molecule has 8 nitrogen and oxygen atoms in total. The fourth-order valence-corrected chi connectivity index (χ4v) is 2.84. The fourth-order valence-electron chi connectivity index (χ4n) is 2.56. The van der Waals surface area contributed by atoms with E-state index in [9.17, 15) is 9.59 Å². The van der Waals surface area contributed by atoms with Crippen molar-refractivity contribution in [3.05, 3.63) is 52.6 Å². The van der Waals surface area contributed by atoms with Gasteiger partial charge in [0.2, 0.25) is 6.79 Å². The average Bonchev–Trinajstić information content (AvgIpc) is 3.19. The summed E-state index contributed by atoms with van der Waals surface area (Å²) < 4.78 is 21.1. The number of ether oxygens (including phenoxy) is 4. The second-order valence-corrected chi connectivity index (χ2v) is 6.22. The monoisotopic (exact) mass is 418 g/mol. The van der Waals surface area contributed by atoms with E-state index in [1.54, 1.807) is 24.3 Å². The van der Waals surface area contributed by atoms with Gasteiger partial charge in [-0.2, -0.15) is 0 Å². The van der Waals surface area contributed by atoms with Crippen LogP contribution in [0.4, 0.5) is 0 Å². The van der Waals surface area contributed by atoms with E-state index < -0.39 is 11.8 Å². The van der Waals surface area contributed by atoms with Crippen LogP contribution < -0.4 is 29.8 Å². The van der Waals surface area contributed by atoms with Crippen LogP contribution in [0.5, 0.6) is 23.0 Å². The number of carbonyl (C=O) groups is 2. The molecule has 0 spiro atoms. The van der Waals surface area contributed by atoms with Gasteiger partial charge < -0.3 is 18.9 Å². The van der Waals surface area contributed by atoms with Gasteiger partial charge in [-0.1, -0.05) is 11.6 Å². The minimum Gasteiger partial charge on any atom is -0.493 e. The van der Waals surface area contributed by atoms with Crippen molar-refractivity contribution in [3.63, 3.8) is 0 Å². The van der Waals surface area contributed by atoms with Gasteiger partial charge in [0, 0.05) is 11.6 Å². The molecule has 0 aromatic heterocycles. The van der Waals surface area contributed by atoms with Crippen LogP contribution in [0.25, 0.3) is 6.08 Å². The van der Waals surface area contributed by atoms with E-state index in [2.05, 4.69) is 10.9 Å². The number of rotatable bonds is 6. The molecule has 152 valence electrons. The number of fused-ring (bicyclic) bond motifs is 1. The molecule has 2 amide bonds. The number of hydrazine groups is 1. The molecule has 2 aromatic carbocycles. The van der Waals surface area contributed by atoms with Crippen molar-refractivity contribution in [1.29, 1.82) is 0 Å². The number of amides is 2. The third kappa shape index (κ3) is 4.91. The van der Waals surface area contributed by atoms with Gasteiger partial charge in [0.25, 0.3) is 11.8 Å². The highest BCUT2D eigenvalue weighted by Gasteiger charge is 2.16. The molecule has 1 aliphatic heterocycles. The second kappa shape index (κ2) is 9.20. The Labute approximate surface area is 172 Å². The van der Waals surface area contributed by atoms with Crippen LogP contribution in [0.3, 0.4) is 0 Å². The molecule has 0 fully saturated rings. The third-order valence-corrected chi connectivity index (χ3v) is 4.18. The Balaban J connectivity index is 1.59.